The van der Waals surface area contributed by atoms with Crippen LogP contribution in [0.15, 0.2) is 47.8 Å². The lowest BCUT2D eigenvalue weighted by molar-refractivity contribution is 0.283. The van der Waals surface area contributed by atoms with Gasteiger partial charge < -0.3 is 4.57 Å². The van der Waals surface area contributed by atoms with Gasteiger partial charge in [0.2, 0.25) is 0 Å². The van der Waals surface area contributed by atoms with Gasteiger partial charge in [-0.15, -0.1) is 0 Å². The van der Waals surface area contributed by atoms with Gasteiger partial charge in [0.05, 0.1) is 0 Å². The minimum Gasteiger partial charge on any atom is -0.331 e. The van der Waals surface area contributed by atoms with Crippen molar-refractivity contribution in [3.63, 3.8) is 0 Å². The molecule has 0 radical (unpaired) electrons. The Morgan fingerprint density at radius 1 is 1.15 bits per heavy atom. The van der Waals surface area contributed by atoms with Crippen molar-refractivity contribution in [2.24, 2.45) is 0 Å². The van der Waals surface area contributed by atoms with Gasteiger partial charge in [0.1, 0.15) is 11.6 Å². The molecule has 1 aromatic carbocycles. The maximum absolute atomic E-state index is 14.0. The van der Waals surface area contributed by atoms with Crippen LogP contribution in [0.5, 0.6) is 0 Å². The number of aromatic nitrogens is 2. The normalized spacial score (nSPS) is 17.5. The molecule has 4 rings (SSSR count). The molecule has 0 N–H and O–H groups in total. The lowest BCUT2D eigenvalue weighted by Crippen LogP contribution is -2.31. The van der Waals surface area contributed by atoms with Crippen LogP contribution >= 0.6 is 0 Å². The molecule has 0 spiro atoms. The van der Waals surface area contributed by atoms with E-state index in [1.165, 1.54) is 22.3 Å². The Kier molecular flexibility index (Phi) is 4.77. The molecule has 1 saturated heterocycles. The molecular weight excluding hydrogens is 325 g/mol. The fraction of sp³-hybridized carbons (Fsp3) is 0.409. The van der Waals surface area contributed by atoms with Crippen LogP contribution in [-0.4, -0.2) is 34.1 Å². The summed E-state index contributed by atoms with van der Waals surface area (Å²) >= 11 is 0. The summed E-state index contributed by atoms with van der Waals surface area (Å²) in [5, 5.41) is 0. The Morgan fingerprint density at radius 3 is 2.73 bits per heavy atom. The topological polar surface area (TPSA) is 21.1 Å². The number of benzene rings is 1. The van der Waals surface area contributed by atoms with Crippen LogP contribution in [0.2, 0.25) is 0 Å². The first-order valence-corrected chi connectivity index (χ1v) is 9.50. The summed E-state index contributed by atoms with van der Waals surface area (Å²) < 4.78 is 16.3. The number of likely N-dealkylation sites (tertiary alicyclic amines) is 1. The van der Waals surface area contributed by atoms with Crippen LogP contribution in [0.25, 0.3) is 5.57 Å². The minimum absolute atomic E-state index is 0.164. The highest BCUT2D eigenvalue weighted by molar-refractivity contribution is 5.81. The zero-order chi connectivity index (χ0) is 18.1. The smallest absolute Gasteiger partial charge is 0.140 e. The molecule has 1 aromatic heterocycles. The largest absolute Gasteiger partial charge is 0.331 e. The predicted molar refractivity (Wildman–Crippen MR) is 103 cm³/mol. The first kappa shape index (κ1) is 17.2. The fourth-order valence-electron chi connectivity index (χ4n) is 3.99. The monoisotopic (exact) mass is 351 g/mol. The second-order valence-electron chi connectivity index (χ2n) is 7.56. The van der Waals surface area contributed by atoms with E-state index in [1.54, 1.807) is 12.1 Å². The minimum atomic E-state index is -0.164. The number of aryl methyl sites for hydroxylation is 2. The molecule has 0 amide bonds. The van der Waals surface area contributed by atoms with Crippen molar-refractivity contribution < 1.29 is 4.39 Å². The average molecular weight is 351 g/mol. The number of nitrogens with zero attached hydrogens (tertiary/aromatic N) is 3. The van der Waals surface area contributed by atoms with E-state index >= 15 is 0 Å². The summed E-state index contributed by atoms with van der Waals surface area (Å²) in [7, 11) is 0. The van der Waals surface area contributed by atoms with Crippen LogP contribution in [0.1, 0.15) is 43.6 Å². The Balaban J connectivity index is 1.71. The van der Waals surface area contributed by atoms with Gasteiger partial charge >= 0.3 is 0 Å². The molecule has 3 nitrogen and oxygen atoms in total. The first-order chi connectivity index (χ1) is 12.6. The van der Waals surface area contributed by atoms with Crippen molar-refractivity contribution in [1.29, 1.82) is 0 Å². The number of halogens is 1. The van der Waals surface area contributed by atoms with Crippen LogP contribution in [0, 0.1) is 5.82 Å². The molecule has 26 heavy (non-hydrogen) atoms. The Bertz CT molecular complexity index is 861. The van der Waals surface area contributed by atoms with Crippen LogP contribution in [0.4, 0.5) is 4.39 Å². The summed E-state index contributed by atoms with van der Waals surface area (Å²) in [5.74, 6) is 0.838. The van der Waals surface area contributed by atoms with Gasteiger partial charge in [-0.3, -0.25) is 4.90 Å². The number of allylic oxidation sites excluding steroid dienone is 1. The fourth-order valence-corrected chi connectivity index (χ4v) is 3.99. The maximum Gasteiger partial charge on any atom is 0.140 e. The molecule has 2 aromatic rings. The summed E-state index contributed by atoms with van der Waals surface area (Å²) in [6, 6.07) is 5.23. The van der Waals surface area contributed by atoms with Gasteiger partial charge in [-0.1, -0.05) is 23.3 Å². The molecule has 0 unspecified atom stereocenters. The lowest BCUT2D eigenvalue weighted by Gasteiger charge is -2.29. The quantitative estimate of drug-likeness (QED) is 0.746. The molecule has 2 aliphatic rings. The standard InChI is InChI=1S/C22H26FN3/c1-16(2)5-10-25-11-6-18(7-12-25)21-20-15-19(23)4-3-17(20)8-13-26-14-9-24-22(21)26/h3-5,9,14-15H,6-8,10-13H2,1-2H3. The van der Waals surface area contributed by atoms with Gasteiger partial charge in [0, 0.05) is 44.1 Å². The molecule has 0 atom stereocenters. The highest BCUT2D eigenvalue weighted by atomic mass is 19.1. The van der Waals surface area contributed by atoms with Crippen LogP contribution in [-0.2, 0) is 13.0 Å². The van der Waals surface area contributed by atoms with Crippen molar-refractivity contribution in [2.45, 2.75) is 39.7 Å². The van der Waals surface area contributed by atoms with Crippen molar-refractivity contribution >= 4 is 5.57 Å². The molecule has 0 bridgehead atoms. The van der Waals surface area contributed by atoms with Gasteiger partial charge in [-0.05, 0) is 56.4 Å². The lowest BCUT2D eigenvalue weighted by atomic mass is 9.90. The van der Waals surface area contributed by atoms with Crippen molar-refractivity contribution in [3.05, 3.63) is 70.6 Å². The molecule has 136 valence electrons. The van der Waals surface area contributed by atoms with E-state index < -0.39 is 0 Å². The van der Waals surface area contributed by atoms with Crippen molar-refractivity contribution in [2.75, 3.05) is 19.6 Å². The SMILES string of the molecule is CC(C)=CCN1CCC(=C2c3cc(F)ccc3CCn3ccnc32)CC1. The molecule has 3 heterocycles. The highest BCUT2D eigenvalue weighted by Crippen LogP contribution is 2.36. The number of fused-ring (bicyclic) bond motifs is 2. The van der Waals surface area contributed by atoms with Gasteiger partial charge in [0.25, 0.3) is 0 Å². The van der Waals surface area contributed by atoms with E-state index in [9.17, 15) is 4.39 Å². The van der Waals surface area contributed by atoms with Gasteiger partial charge in [-0.25, -0.2) is 9.37 Å². The van der Waals surface area contributed by atoms with Gasteiger partial charge in [0.15, 0.2) is 0 Å². The zero-order valence-corrected chi connectivity index (χ0v) is 15.6. The Labute approximate surface area is 154 Å². The maximum atomic E-state index is 14.0. The van der Waals surface area contributed by atoms with E-state index in [2.05, 4.69) is 34.4 Å². The third-order valence-corrected chi connectivity index (χ3v) is 5.47. The van der Waals surface area contributed by atoms with E-state index in [0.29, 0.717) is 0 Å². The van der Waals surface area contributed by atoms with E-state index in [4.69, 9.17) is 0 Å². The predicted octanol–water partition coefficient (Wildman–Crippen LogP) is 4.44. The summed E-state index contributed by atoms with van der Waals surface area (Å²) in [6.07, 6.45) is 9.17. The van der Waals surface area contributed by atoms with Crippen molar-refractivity contribution in [1.82, 2.24) is 14.5 Å². The number of imidazole rings is 1. The first-order valence-electron chi connectivity index (χ1n) is 9.50. The molecule has 0 saturated carbocycles. The zero-order valence-electron chi connectivity index (χ0n) is 15.6. The highest BCUT2D eigenvalue weighted by Gasteiger charge is 2.25. The Hall–Kier alpha value is -2.20. The second kappa shape index (κ2) is 7.20. The molecular formula is C22H26FN3. The number of rotatable bonds is 2. The third kappa shape index (κ3) is 3.38. The van der Waals surface area contributed by atoms with E-state index in [0.717, 1.165) is 56.8 Å². The molecule has 1 fully saturated rings. The third-order valence-electron chi connectivity index (χ3n) is 5.47. The number of hydrogen-bond acceptors (Lipinski definition) is 2. The van der Waals surface area contributed by atoms with E-state index in [1.807, 2.05) is 18.5 Å². The average Bonchev–Trinajstić information content (AvgIpc) is 3.03. The van der Waals surface area contributed by atoms with E-state index in [-0.39, 0.29) is 5.82 Å². The molecule has 2 aliphatic heterocycles. The van der Waals surface area contributed by atoms with Crippen LogP contribution in [0.3, 0.4) is 0 Å². The van der Waals surface area contributed by atoms with Crippen LogP contribution < -0.4 is 0 Å². The summed E-state index contributed by atoms with van der Waals surface area (Å²) in [6.45, 7) is 8.31. The molecule has 0 aliphatic carbocycles. The number of piperidine rings is 1. The number of hydrogen-bond donors (Lipinski definition) is 0. The summed E-state index contributed by atoms with van der Waals surface area (Å²) in [5.41, 5.74) is 6.22. The summed E-state index contributed by atoms with van der Waals surface area (Å²) in [4.78, 5) is 7.13. The second-order valence-corrected chi connectivity index (χ2v) is 7.56. The van der Waals surface area contributed by atoms with Gasteiger partial charge in [-0.2, -0.15) is 0 Å². The Morgan fingerprint density at radius 2 is 1.96 bits per heavy atom. The molecule has 4 heteroatoms. The van der Waals surface area contributed by atoms with Crippen molar-refractivity contribution in [3.8, 4) is 0 Å².